The summed E-state index contributed by atoms with van der Waals surface area (Å²) in [6, 6.07) is 36.8. The Morgan fingerprint density at radius 2 is 1.45 bits per heavy atom. The molecule has 0 spiro atoms. The maximum Gasteiger partial charge on any atom is 0.272 e. The molecule has 0 atom stereocenters. The van der Waals surface area contributed by atoms with Gasteiger partial charge in [0.1, 0.15) is 11.4 Å². The number of rotatable bonds is 10. The highest BCUT2D eigenvalue weighted by molar-refractivity contribution is 8.00. The SMILES string of the molecule is COc1ccccc1C(=O)CSc1ccc(NC(=O)/C(=C/c2cccc3ccccc23)NC(=O)c2ccccc2)cc1. The smallest absolute Gasteiger partial charge is 0.272 e. The van der Waals surface area contributed by atoms with Gasteiger partial charge in [-0.2, -0.15) is 0 Å². The summed E-state index contributed by atoms with van der Waals surface area (Å²) in [7, 11) is 1.54. The second-order valence-corrected chi connectivity index (χ2v) is 10.4. The van der Waals surface area contributed by atoms with Gasteiger partial charge in [-0.15, -0.1) is 11.8 Å². The van der Waals surface area contributed by atoms with Crippen LogP contribution in [0.1, 0.15) is 26.3 Å². The lowest BCUT2D eigenvalue weighted by Gasteiger charge is -2.13. The Morgan fingerprint density at radius 3 is 2.24 bits per heavy atom. The van der Waals surface area contributed by atoms with Crippen LogP contribution in [0.4, 0.5) is 5.69 Å². The summed E-state index contributed by atoms with van der Waals surface area (Å²) in [6.45, 7) is 0. The van der Waals surface area contributed by atoms with E-state index < -0.39 is 5.91 Å². The van der Waals surface area contributed by atoms with Crippen molar-refractivity contribution >= 4 is 51.9 Å². The molecule has 0 saturated carbocycles. The quantitative estimate of drug-likeness (QED) is 0.105. The maximum absolute atomic E-state index is 13.5. The zero-order valence-corrected chi connectivity index (χ0v) is 23.7. The molecular formula is C35H28N2O4S. The highest BCUT2D eigenvalue weighted by atomic mass is 32.2. The van der Waals surface area contributed by atoms with Gasteiger partial charge in [0.25, 0.3) is 11.8 Å². The predicted octanol–water partition coefficient (Wildman–Crippen LogP) is 7.23. The number of carbonyl (C=O) groups is 3. The van der Waals surface area contributed by atoms with Crippen LogP contribution in [0.25, 0.3) is 16.8 Å². The van der Waals surface area contributed by atoms with E-state index >= 15 is 0 Å². The Hall–Kier alpha value is -5.14. The number of hydrogen-bond acceptors (Lipinski definition) is 5. The normalized spacial score (nSPS) is 11.1. The van der Waals surface area contributed by atoms with E-state index in [0.29, 0.717) is 22.6 Å². The summed E-state index contributed by atoms with van der Waals surface area (Å²) >= 11 is 1.40. The number of hydrogen-bond donors (Lipinski definition) is 2. The first-order chi connectivity index (χ1) is 20.5. The highest BCUT2D eigenvalue weighted by Gasteiger charge is 2.16. The molecule has 0 radical (unpaired) electrons. The third-order valence-corrected chi connectivity index (χ3v) is 7.55. The number of nitrogens with one attached hydrogen (secondary N) is 2. The Labute approximate surface area is 248 Å². The van der Waals surface area contributed by atoms with Gasteiger partial charge in [-0.1, -0.05) is 72.8 Å². The molecule has 42 heavy (non-hydrogen) atoms. The van der Waals surface area contributed by atoms with Crippen molar-refractivity contribution in [2.24, 2.45) is 0 Å². The fourth-order valence-electron chi connectivity index (χ4n) is 4.41. The Bertz CT molecular complexity index is 1760. The van der Waals surface area contributed by atoms with E-state index in [2.05, 4.69) is 10.6 Å². The van der Waals surface area contributed by atoms with Gasteiger partial charge in [0.05, 0.1) is 18.4 Å². The number of methoxy groups -OCH3 is 1. The second-order valence-electron chi connectivity index (χ2n) is 9.34. The van der Waals surface area contributed by atoms with Crippen molar-refractivity contribution in [2.75, 3.05) is 18.2 Å². The number of para-hydroxylation sites is 1. The fraction of sp³-hybridized carbons (Fsp3) is 0.0571. The van der Waals surface area contributed by atoms with Crippen molar-refractivity contribution in [3.05, 3.63) is 144 Å². The van der Waals surface area contributed by atoms with Crippen molar-refractivity contribution in [1.29, 1.82) is 0 Å². The predicted molar refractivity (Wildman–Crippen MR) is 169 cm³/mol. The minimum absolute atomic E-state index is 0.0350. The van der Waals surface area contributed by atoms with Crippen LogP contribution in [-0.2, 0) is 4.79 Å². The lowest BCUT2D eigenvalue weighted by Crippen LogP contribution is -2.30. The molecule has 0 fully saturated rings. The average molecular weight is 573 g/mol. The van der Waals surface area contributed by atoms with Crippen molar-refractivity contribution in [2.45, 2.75) is 4.90 Å². The number of carbonyl (C=O) groups excluding carboxylic acids is 3. The summed E-state index contributed by atoms with van der Waals surface area (Å²) in [4.78, 5) is 40.1. The average Bonchev–Trinajstić information content (AvgIpc) is 3.04. The Kier molecular flexibility index (Phi) is 9.11. The summed E-state index contributed by atoms with van der Waals surface area (Å²) in [6.07, 6.45) is 1.69. The summed E-state index contributed by atoms with van der Waals surface area (Å²) in [5.74, 6) is -0.0852. The number of anilines is 1. The van der Waals surface area contributed by atoms with E-state index in [9.17, 15) is 14.4 Å². The lowest BCUT2D eigenvalue weighted by atomic mass is 10.0. The van der Waals surface area contributed by atoms with Crippen molar-refractivity contribution in [1.82, 2.24) is 5.32 Å². The van der Waals surface area contributed by atoms with Crippen LogP contribution in [0.5, 0.6) is 5.75 Å². The molecule has 6 nitrogen and oxygen atoms in total. The lowest BCUT2D eigenvalue weighted by molar-refractivity contribution is -0.113. The molecular weight excluding hydrogens is 544 g/mol. The van der Waals surface area contributed by atoms with E-state index in [4.69, 9.17) is 4.74 Å². The molecule has 0 aliphatic carbocycles. The second kappa shape index (κ2) is 13.5. The van der Waals surface area contributed by atoms with Crippen LogP contribution >= 0.6 is 11.8 Å². The third kappa shape index (κ3) is 6.95. The Morgan fingerprint density at radius 1 is 0.762 bits per heavy atom. The molecule has 0 aliphatic heterocycles. The number of thioether (sulfide) groups is 1. The molecule has 0 aliphatic rings. The van der Waals surface area contributed by atoms with Gasteiger partial charge in [-0.05, 0) is 70.9 Å². The van der Waals surface area contributed by atoms with Gasteiger partial charge < -0.3 is 15.4 Å². The van der Waals surface area contributed by atoms with Gasteiger partial charge in [-0.25, -0.2) is 0 Å². The molecule has 5 aromatic rings. The van der Waals surface area contributed by atoms with Crippen LogP contribution in [-0.4, -0.2) is 30.5 Å². The van der Waals surface area contributed by atoms with Crippen LogP contribution in [0.15, 0.2) is 132 Å². The standard InChI is InChI=1S/C35H28N2O4S/c1-41-33-17-8-7-16-30(33)32(38)23-42-28-20-18-27(19-21-28)36-35(40)31(37-34(39)25-11-3-2-4-12-25)22-26-14-9-13-24-10-5-6-15-29(24)26/h2-22H,23H2,1H3,(H,36,40)(H,37,39)/b31-22-. The van der Waals surface area contributed by atoms with E-state index in [-0.39, 0.29) is 23.1 Å². The van der Waals surface area contributed by atoms with Crippen LogP contribution < -0.4 is 15.4 Å². The van der Waals surface area contributed by atoms with Gasteiger partial charge in [0, 0.05) is 16.1 Å². The minimum Gasteiger partial charge on any atom is -0.496 e. The zero-order chi connectivity index (χ0) is 29.3. The van der Waals surface area contributed by atoms with Gasteiger partial charge in [0.2, 0.25) is 0 Å². The van der Waals surface area contributed by atoms with Crippen LogP contribution in [0.3, 0.4) is 0 Å². The first-order valence-electron chi connectivity index (χ1n) is 13.3. The largest absolute Gasteiger partial charge is 0.496 e. The van der Waals surface area contributed by atoms with E-state index in [1.165, 1.54) is 11.8 Å². The summed E-state index contributed by atoms with van der Waals surface area (Å²) in [5.41, 5.74) is 2.45. The molecule has 0 unspecified atom stereocenters. The zero-order valence-electron chi connectivity index (χ0n) is 22.9. The number of fused-ring (bicyclic) bond motifs is 1. The molecule has 0 heterocycles. The van der Waals surface area contributed by atoms with Gasteiger partial charge in [-0.3, -0.25) is 14.4 Å². The third-order valence-electron chi connectivity index (χ3n) is 6.54. The molecule has 7 heteroatoms. The van der Waals surface area contributed by atoms with Crippen molar-refractivity contribution < 1.29 is 19.1 Å². The molecule has 2 N–H and O–H groups in total. The topological polar surface area (TPSA) is 84.5 Å². The molecule has 5 aromatic carbocycles. The van der Waals surface area contributed by atoms with E-state index in [1.54, 1.807) is 61.7 Å². The number of Topliss-reactive ketones (excluding diaryl/α,β-unsaturated/α-hetero) is 1. The molecule has 0 aromatic heterocycles. The molecule has 2 amide bonds. The molecule has 0 saturated heterocycles. The maximum atomic E-state index is 13.5. The molecule has 0 bridgehead atoms. The first-order valence-corrected chi connectivity index (χ1v) is 14.3. The van der Waals surface area contributed by atoms with E-state index in [0.717, 1.165) is 21.2 Å². The van der Waals surface area contributed by atoms with Gasteiger partial charge >= 0.3 is 0 Å². The van der Waals surface area contributed by atoms with Crippen molar-refractivity contribution in [3.8, 4) is 5.75 Å². The number of ketones is 1. The van der Waals surface area contributed by atoms with Gasteiger partial charge in [0.15, 0.2) is 5.78 Å². The van der Waals surface area contributed by atoms with E-state index in [1.807, 2.05) is 72.8 Å². The summed E-state index contributed by atoms with van der Waals surface area (Å²) < 4.78 is 5.30. The number of ether oxygens (including phenoxy) is 1. The van der Waals surface area contributed by atoms with Crippen LogP contribution in [0, 0.1) is 0 Å². The molecule has 208 valence electrons. The number of benzene rings is 5. The van der Waals surface area contributed by atoms with Crippen molar-refractivity contribution in [3.63, 3.8) is 0 Å². The highest BCUT2D eigenvalue weighted by Crippen LogP contribution is 2.25. The molecule has 5 rings (SSSR count). The first kappa shape index (κ1) is 28.4. The monoisotopic (exact) mass is 572 g/mol. The number of amides is 2. The fourth-order valence-corrected chi connectivity index (χ4v) is 5.19. The minimum atomic E-state index is -0.459. The Balaban J connectivity index is 1.32. The summed E-state index contributed by atoms with van der Waals surface area (Å²) in [5, 5.41) is 7.67. The van der Waals surface area contributed by atoms with Crippen LogP contribution in [0.2, 0.25) is 0 Å².